The third-order valence-corrected chi connectivity index (χ3v) is 5.12. The molecule has 0 radical (unpaired) electrons. The van der Waals surface area contributed by atoms with E-state index < -0.39 is 0 Å². The van der Waals surface area contributed by atoms with E-state index in [9.17, 15) is 9.18 Å². The third kappa shape index (κ3) is 3.55. The maximum absolute atomic E-state index is 13.4. The second kappa shape index (κ2) is 7.54. The highest BCUT2D eigenvalue weighted by atomic mass is 35.5. The summed E-state index contributed by atoms with van der Waals surface area (Å²) in [6.07, 6.45) is 2.70. The lowest BCUT2D eigenvalue weighted by atomic mass is 9.86. The van der Waals surface area contributed by atoms with Gasteiger partial charge in [0.2, 0.25) is 5.91 Å². The molecule has 0 unspecified atom stereocenters. The van der Waals surface area contributed by atoms with Crippen molar-refractivity contribution in [1.82, 2.24) is 5.32 Å². The van der Waals surface area contributed by atoms with E-state index in [1.807, 2.05) is 18.2 Å². The van der Waals surface area contributed by atoms with Crippen molar-refractivity contribution in [2.24, 2.45) is 0 Å². The lowest BCUT2D eigenvalue weighted by Crippen LogP contribution is -2.27. The Kier molecular flexibility index (Phi) is 5.40. The minimum atomic E-state index is -0.261. The maximum atomic E-state index is 13.4. The van der Waals surface area contributed by atoms with Crippen molar-refractivity contribution >= 4 is 24.0 Å². The lowest BCUT2D eigenvalue weighted by molar-refractivity contribution is -0.117. The molecule has 1 amide bonds. The minimum Gasteiger partial charge on any atom is -0.317 e. The van der Waals surface area contributed by atoms with E-state index in [-0.39, 0.29) is 24.1 Å². The fourth-order valence-electron chi connectivity index (χ4n) is 3.93. The molecule has 2 heterocycles. The second-order valence-corrected chi connectivity index (χ2v) is 6.66. The van der Waals surface area contributed by atoms with E-state index in [0.717, 1.165) is 37.2 Å². The van der Waals surface area contributed by atoms with Crippen LogP contribution in [0.2, 0.25) is 0 Å². The monoisotopic (exact) mass is 360 g/mol. The zero-order valence-corrected chi connectivity index (χ0v) is 14.8. The van der Waals surface area contributed by atoms with E-state index in [1.54, 1.807) is 11.0 Å². The molecule has 0 aliphatic carbocycles. The number of carbonyl (C=O) groups is 1. The summed E-state index contributed by atoms with van der Waals surface area (Å²) < 4.78 is 13.4. The molecule has 2 aromatic rings. The molecule has 0 aromatic heterocycles. The molecule has 0 bridgehead atoms. The molecule has 2 aliphatic rings. The molecule has 132 valence electrons. The molecular weight excluding hydrogens is 339 g/mol. The van der Waals surface area contributed by atoms with Gasteiger partial charge in [-0.05, 0) is 66.7 Å². The Bertz CT molecular complexity index is 774. The number of piperidine rings is 1. The number of rotatable bonds is 3. The number of amides is 1. The van der Waals surface area contributed by atoms with Gasteiger partial charge in [0, 0.05) is 5.69 Å². The average molecular weight is 361 g/mol. The molecule has 1 saturated heterocycles. The van der Waals surface area contributed by atoms with Crippen molar-refractivity contribution in [2.75, 3.05) is 18.0 Å². The molecule has 2 aromatic carbocycles. The number of anilines is 1. The van der Waals surface area contributed by atoms with Crippen molar-refractivity contribution in [2.45, 2.75) is 31.7 Å². The quantitative estimate of drug-likeness (QED) is 0.902. The SMILES string of the molecule is Cl.O=C1Cc2c(C3CCNCC3)cccc2N1Cc1cccc(F)c1. The first-order valence-electron chi connectivity index (χ1n) is 8.59. The van der Waals surface area contributed by atoms with Gasteiger partial charge in [0.05, 0.1) is 13.0 Å². The summed E-state index contributed by atoms with van der Waals surface area (Å²) in [5.74, 6) is 0.376. The fourth-order valence-corrected chi connectivity index (χ4v) is 3.93. The molecule has 0 spiro atoms. The van der Waals surface area contributed by atoms with Crippen LogP contribution in [0.4, 0.5) is 10.1 Å². The standard InChI is InChI=1S/C20H21FN2O.ClH/c21-16-4-1-3-14(11-16)13-23-19-6-2-5-17(18(19)12-20(23)24)15-7-9-22-10-8-15;/h1-6,11,15,22H,7-10,12-13H2;1H. The summed E-state index contributed by atoms with van der Waals surface area (Å²) in [6.45, 7) is 2.50. The van der Waals surface area contributed by atoms with Gasteiger partial charge in [-0.25, -0.2) is 4.39 Å². The van der Waals surface area contributed by atoms with Crippen molar-refractivity contribution < 1.29 is 9.18 Å². The Balaban J connectivity index is 0.00000182. The van der Waals surface area contributed by atoms with Crippen LogP contribution >= 0.6 is 12.4 Å². The normalized spacial score (nSPS) is 17.3. The van der Waals surface area contributed by atoms with Gasteiger partial charge in [-0.1, -0.05) is 24.3 Å². The molecule has 2 aliphatic heterocycles. The van der Waals surface area contributed by atoms with Crippen LogP contribution in [-0.2, 0) is 17.8 Å². The van der Waals surface area contributed by atoms with Gasteiger partial charge < -0.3 is 10.2 Å². The molecular formula is C20H22ClFN2O. The Morgan fingerprint density at radius 1 is 1.12 bits per heavy atom. The van der Waals surface area contributed by atoms with Gasteiger partial charge in [-0.15, -0.1) is 12.4 Å². The average Bonchev–Trinajstić information content (AvgIpc) is 2.91. The summed E-state index contributed by atoms with van der Waals surface area (Å²) in [4.78, 5) is 14.4. The van der Waals surface area contributed by atoms with Gasteiger partial charge in [0.15, 0.2) is 0 Å². The Morgan fingerprint density at radius 2 is 1.88 bits per heavy atom. The van der Waals surface area contributed by atoms with Crippen molar-refractivity contribution in [1.29, 1.82) is 0 Å². The van der Waals surface area contributed by atoms with Crippen molar-refractivity contribution in [3.63, 3.8) is 0 Å². The zero-order chi connectivity index (χ0) is 16.5. The van der Waals surface area contributed by atoms with E-state index in [4.69, 9.17) is 0 Å². The predicted octanol–water partition coefficient (Wildman–Crippen LogP) is 3.80. The molecule has 5 heteroatoms. The largest absolute Gasteiger partial charge is 0.317 e. The molecule has 4 rings (SSSR count). The van der Waals surface area contributed by atoms with E-state index >= 15 is 0 Å². The number of nitrogens with zero attached hydrogens (tertiary/aromatic N) is 1. The van der Waals surface area contributed by atoms with Crippen LogP contribution < -0.4 is 10.2 Å². The van der Waals surface area contributed by atoms with E-state index in [1.165, 1.54) is 23.3 Å². The van der Waals surface area contributed by atoms with Crippen molar-refractivity contribution in [3.05, 3.63) is 65.0 Å². The number of halogens is 2. The summed E-state index contributed by atoms with van der Waals surface area (Å²) in [5.41, 5.74) is 4.32. The summed E-state index contributed by atoms with van der Waals surface area (Å²) in [7, 11) is 0. The van der Waals surface area contributed by atoms with Gasteiger partial charge in [0.25, 0.3) is 0 Å². The lowest BCUT2D eigenvalue weighted by Gasteiger charge is -2.25. The van der Waals surface area contributed by atoms with Crippen LogP contribution in [0.5, 0.6) is 0 Å². The first kappa shape index (κ1) is 17.9. The Morgan fingerprint density at radius 3 is 2.64 bits per heavy atom. The number of carbonyl (C=O) groups excluding carboxylic acids is 1. The van der Waals surface area contributed by atoms with Gasteiger partial charge >= 0.3 is 0 Å². The first-order valence-corrected chi connectivity index (χ1v) is 8.59. The minimum absolute atomic E-state index is 0. The molecule has 3 nitrogen and oxygen atoms in total. The molecule has 1 N–H and O–H groups in total. The maximum Gasteiger partial charge on any atom is 0.231 e. The predicted molar refractivity (Wildman–Crippen MR) is 99.8 cm³/mol. The van der Waals surface area contributed by atoms with Crippen LogP contribution in [0, 0.1) is 5.82 Å². The number of hydrogen-bond acceptors (Lipinski definition) is 2. The molecule has 0 saturated carbocycles. The van der Waals surface area contributed by atoms with Crippen molar-refractivity contribution in [3.8, 4) is 0 Å². The smallest absolute Gasteiger partial charge is 0.231 e. The van der Waals surface area contributed by atoms with Crippen LogP contribution in [0.15, 0.2) is 42.5 Å². The molecule has 0 atom stereocenters. The topological polar surface area (TPSA) is 32.3 Å². The van der Waals surface area contributed by atoms with Gasteiger partial charge in [0.1, 0.15) is 5.82 Å². The van der Waals surface area contributed by atoms with Gasteiger partial charge in [-0.2, -0.15) is 0 Å². The molecule has 1 fully saturated rings. The highest BCUT2D eigenvalue weighted by Crippen LogP contribution is 2.38. The highest BCUT2D eigenvalue weighted by molar-refractivity contribution is 6.01. The Hall–Kier alpha value is -1.91. The first-order chi connectivity index (χ1) is 11.7. The van der Waals surface area contributed by atoms with Crippen LogP contribution in [0.1, 0.15) is 35.4 Å². The van der Waals surface area contributed by atoms with Crippen LogP contribution in [0.25, 0.3) is 0 Å². The number of fused-ring (bicyclic) bond motifs is 1. The number of benzene rings is 2. The third-order valence-electron chi connectivity index (χ3n) is 5.12. The summed E-state index contributed by atoms with van der Waals surface area (Å²) in [6, 6.07) is 12.7. The van der Waals surface area contributed by atoms with E-state index in [2.05, 4.69) is 11.4 Å². The van der Waals surface area contributed by atoms with Gasteiger partial charge in [-0.3, -0.25) is 4.79 Å². The summed E-state index contributed by atoms with van der Waals surface area (Å²) >= 11 is 0. The zero-order valence-electron chi connectivity index (χ0n) is 14.0. The highest BCUT2D eigenvalue weighted by Gasteiger charge is 2.31. The molecule has 25 heavy (non-hydrogen) atoms. The second-order valence-electron chi connectivity index (χ2n) is 6.66. The van der Waals surface area contributed by atoms with E-state index in [0.29, 0.717) is 18.9 Å². The number of nitrogens with one attached hydrogen (secondary N) is 1. The number of hydrogen-bond donors (Lipinski definition) is 1. The van der Waals surface area contributed by atoms with Crippen LogP contribution in [0.3, 0.4) is 0 Å². The van der Waals surface area contributed by atoms with Crippen LogP contribution in [-0.4, -0.2) is 19.0 Å². The summed E-state index contributed by atoms with van der Waals surface area (Å²) in [5, 5.41) is 3.39. The Labute approximate surface area is 153 Å². The fraction of sp³-hybridized carbons (Fsp3) is 0.350.